The summed E-state index contributed by atoms with van der Waals surface area (Å²) in [6, 6.07) is 15.9. The van der Waals surface area contributed by atoms with Crippen molar-refractivity contribution < 1.29 is 22.7 Å². The van der Waals surface area contributed by atoms with E-state index in [4.69, 9.17) is 21.1 Å². The number of rotatable bonds is 10. The van der Waals surface area contributed by atoms with Crippen molar-refractivity contribution in [2.24, 2.45) is 0 Å². The van der Waals surface area contributed by atoms with Crippen LogP contribution < -0.4 is 14.8 Å². The van der Waals surface area contributed by atoms with Crippen LogP contribution in [0.5, 0.6) is 11.5 Å². The molecular weight excluding hydrogens is 500 g/mol. The number of hydrogen-bond donors (Lipinski definition) is 1. The number of hydrogen-bond acceptors (Lipinski definition) is 9. The highest BCUT2D eigenvalue weighted by Gasteiger charge is 2.20. The summed E-state index contributed by atoms with van der Waals surface area (Å²) in [6.07, 6.45) is 1.34. The molecule has 12 heteroatoms. The molecule has 2 aromatic carbocycles. The molecule has 0 bridgehead atoms. The van der Waals surface area contributed by atoms with Gasteiger partial charge in [-0.15, -0.1) is 0 Å². The SMILES string of the molecule is CCS(=O)(=O)c1nsc(NC(=O)C(C#N)=Cc2ccc(OCCOc3ccccc3)c(Cl)c2)n1. The van der Waals surface area contributed by atoms with E-state index in [1.807, 2.05) is 30.3 Å². The summed E-state index contributed by atoms with van der Waals surface area (Å²) in [7, 11) is -3.60. The molecule has 0 saturated carbocycles. The topological polar surface area (TPSA) is 131 Å². The maximum absolute atomic E-state index is 12.4. The van der Waals surface area contributed by atoms with Crippen LogP contribution in [0.15, 0.2) is 59.3 Å². The van der Waals surface area contributed by atoms with Gasteiger partial charge in [-0.2, -0.15) is 14.6 Å². The Morgan fingerprint density at radius 3 is 2.62 bits per heavy atom. The van der Waals surface area contributed by atoms with Gasteiger partial charge in [-0.1, -0.05) is 42.8 Å². The normalized spacial score (nSPS) is 11.5. The molecule has 9 nitrogen and oxygen atoms in total. The number of ether oxygens (including phenoxy) is 2. The minimum Gasteiger partial charge on any atom is -0.490 e. The van der Waals surface area contributed by atoms with Crippen LogP contribution in [-0.2, 0) is 14.6 Å². The van der Waals surface area contributed by atoms with Gasteiger partial charge in [0.25, 0.3) is 11.1 Å². The van der Waals surface area contributed by atoms with Crippen molar-refractivity contribution >= 4 is 50.1 Å². The summed E-state index contributed by atoms with van der Waals surface area (Å²) < 4.78 is 38.5. The maximum Gasteiger partial charge on any atom is 0.268 e. The molecule has 1 amide bonds. The van der Waals surface area contributed by atoms with Crippen molar-refractivity contribution in [3.63, 3.8) is 0 Å². The molecule has 0 aliphatic carbocycles. The largest absolute Gasteiger partial charge is 0.490 e. The lowest BCUT2D eigenvalue weighted by Gasteiger charge is -2.10. The Labute approximate surface area is 205 Å². The lowest BCUT2D eigenvalue weighted by Crippen LogP contribution is -2.13. The summed E-state index contributed by atoms with van der Waals surface area (Å²) >= 11 is 6.98. The number of carbonyl (C=O) groups excluding carboxylic acids is 1. The van der Waals surface area contributed by atoms with E-state index in [1.54, 1.807) is 24.3 Å². The Hall–Kier alpha value is -3.46. The smallest absolute Gasteiger partial charge is 0.268 e. The van der Waals surface area contributed by atoms with Gasteiger partial charge >= 0.3 is 0 Å². The molecule has 0 aliphatic rings. The number of sulfone groups is 1. The standard InChI is InChI=1S/C22H19ClN4O5S2/c1-2-34(29,30)22-26-21(33-27-22)25-20(28)16(14-24)12-15-8-9-19(18(23)13-15)32-11-10-31-17-6-4-3-5-7-17/h3-9,12-13H,2,10-11H2,1H3,(H,25,26,27,28). The predicted octanol–water partition coefficient (Wildman–Crippen LogP) is 3.99. The van der Waals surface area contributed by atoms with Crippen LogP contribution in [-0.4, -0.2) is 42.6 Å². The molecule has 0 unspecified atom stereocenters. The van der Waals surface area contributed by atoms with E-state index in [0.29, 0.717) is 34.5 Å². The average molecular weight is 519 g/mol. The number of nitriles is 1. The number of benzene rings is 2. The van der Waals surface area contributed by atoms with E-state index in [-0.39, 0.29) is 28.2 Å². The highest BCUT2D eigenvalue weighted by atomic mass is 35.5. The molecule has 34 heavy (non-hydrogen) atoms. The van der Waals surface area contributed by atoms with Gasteiger partial charge < -0.3 is 9.47 Å². The van der Waals surface area contributed by atoms with Gasteiger partial charge in [0.1, 0.15) is 36.4 Å². The average Bonchev–Trinajstić information content (AvgIpc) is 3.31. The zero-order valence-corrected chi connectivity index (χ0v) is 20.3. The maximum atomic E-state index is 12.4. The molecule has 0 spiro atoms. The Morgan fingerprint density at radius 2 is 1.94 bits per heavy atom. The van der Waals surface area contributed by atoms with Gasteiger partial charge in [-0.3, -0.25) is 10.1 Å². The number of nitrogens with zero attached hydrogens (tertiary/aromatic N) is 3. The molecule has 176 valence electrons. The summed E-state index contributed by atoms with van der Waals surface area (Å²) in [5, 5.41) is 11.7. The van der Waals surface area contributed by atoms with Crippen LogP contribution in [0, 0.1) is 11.3 Å². The van der Waals surface area contributed by atoms with Crippen LogP contribution >= 0.6 is 23.1 Å². The van der Waals surface area contributed by atoms with E-state index in [9.17, 15) is 18.5 Å². The zero-order valence-electron chi connectivity index (χ0n) is 17.9. The monoisotopic (exact) mass is 518 g/mol. The van der Waals surface area contributed by atoms with E-state index >= 15 is 0 Å². The molecule has 0 aliphatic heterocycles. The third kappa shape index (κ3) is 6.77. The third-order valence-electron chi connectivity index (χ3n) is 4.27. The number of amides is 1. The first-order chi connectivity index (χ1) is 16.3. The molecule has 0 saturated heterocycles. The van der Waals surface area contributed by atoms with Crippen molar-refractivity contribution in [3.05, 3.63) is 64.7 Å². The number of halogens is 1. The first-order valence-electron chi connectivity index (χ1n) is 9.92. The fraction of sp³-hybridized carbons (Fsp3) is 0.182. The van der Waals surface area contributed by atoms with Crippen molar-refractivity contribution in [2.75, 3.05) is 24.3 Å². The molecular formula is C22H19ClN4O5S2. The lowest BCUT2D eigenvalue weighted by molar-refractivity contribution is -0.112. The fourth-order valence-corrected chi connectivity index (χ4v) is 4.37. The number of para-hydroxylation sites is 1. The Balaban J connectivity index is 1.61. The number of aromatic nitrogens is 2. The first-order valence-corrected chi connectivity index (χ1v) is 12.7. The first kappa shape index (κ1) is 25.2. The second-order valence-electron chi connectivity index (χ2n) is 6.61. The van der Waals surface area contributed by atoms with Crippen LogP contribution in [0.1, 0.15) is 12.5 Å². The highest BCUT2D eigenvalue weighted by molar-refractivity contribution is 7.91. The van der Waals surface area contributed by atoms with Gasteiger partial charge in [0.05, 0.1) is 10.8 Å². The van der Waals surface area contributed by atoms with E-state index in [1.165, 1.54) is 13.0 Å². The van der Waals surface area contributed by atoms with Gasteiger partial charge in [0.15, 0.2) is 0 Å². The quantitative estimate of drug-likeness (QED) is 0.242. The van der Waals surface area contributed by atoms with Crippen molar-refractivity contribution in [3.8, 4) is 17.6 Å². The van der Waals surface area contributed by atoms with Crippen LogP contribution in [0.25, 0.3) is 6.08 Å². The molecule has 0 fully saturated rings. The van der Waals surface area contributed by atoms with E-state index in [2.05, 4.69) is 14.7 Å². The second kappa shape index (κ2) is 11.6. The van der Waals surface area contributed by atoms with Crippen molar-refractivity contribution in [1.29, 1.82) is 5.26 Å². The van der Waals surface area contributed by atoms with Crippen molar-refractivity contribution in [2.45, 2.75) is 12.1 Å². The molecule has 3 rings (SSSR count). The Morgan fingerprint density at radius 1 is 1.21 bits per heavy atom. The summed E-state index contributed by atoms with van der Waals surface area (Å²) in [6.45, 7) is 2.06. The van der Waals surface area contributed by atoms with Gasteiger partial charge in [0.2, 0.25) is 15.0 Å². The van der Waals surface area contributed by atoms with Crippen molar-refractivity contribution in [1.82, 2.24) is 9.36 Å². The number of nitrogens with one attached hydrogen (secondary N) is 1. The minimum atomic E-state index is -3.60. The zero-order chi connectivity index (χ0) is 24.6. The van der Waals surface area contributed by atoms with Crippen LogP contribution in [0.4, 0.5) is 5.13 Å². The Bertz CT molecular complexity index is 1330. The summed E-state index contributed by atoms with van der Waals surface area (Å²) in [5.41, 5.74) is 0.271. The molecule has 1 aromatic heterocycles. The molecule has 1 N–H and O–H groups in total. The predicted molar refractivity (Wildman–Crippen MR) is 129 cm³/mol. The van der Waals surface area contributed by atoms with E-state index in [0.717, 1.165) is 5.75 Å². The minimum absolute atomic E-state index is 0.0299. The molecule has 0 radical (unpaired) electrons. The molecule has 1 heterocycles. The van der Waals surface area contributed by atoms with Crippen LogP contribution in [0.2, 0.25) is 5.02 Å². The number of carbonyl (C=O) groups is 1. The summed E-state index contributed by atoms with van der Waals surface area (Å²) in [4.78, 5) is 16.2. The Kier molecular flexibility index (Phi) is 8.59. The van der Waals surface area contributed by atoms with Gasteiger partial charge in [-0.05, 0) is 35.9 Å². The highest BCUT2D eigenvalue weighted by Crippen LogP contribution is 2.27. The third-order valence-corrected chi connectivity index (χ3v) is 6.81. The lowest BCUT2D eigenvalue weighted by atomic mass is 10.1. The summed E-state index contributed by atoms with van der Waals surface area (Å²) in [5.74, 6) is 0.239. The number of anilines is 1. The molecule has 3 aromatic rings. The van der Waals surface area contributed by atoms with Gasteiger partial charge in [-0.25, -0.2) is 8.42 Å². The fourth-order valence-electron chi connectivity index (χ4n) is 2.55. The van der Waals surface area contributed by atoms with Crippen LogP contribution in [0.3, 0.4) is 0 Å². The van der Waals surface area contributed by atoms with Gasteiger partial charge in [0, 0.05) is 11.5 Å². The molecule has 0 atom stereocenters. The second-order valence-corrected chi connectivity index (χ2v) is 9.94. The van der Waals surface area contributed by atoms with E-state index < -0.39 is 15.7 Å².